The van der Waals surface area contributed by atoms with Crippen LogP contribution in [0.4, 0.5) is 11.4 Å². The first kappa shape index (κ1) is 19.3. The lowest BCUT2D eigenvalue weighted by atomic mass is 10.1. The van der Waals surface area contributed by atoms with E-state index < -0.39 is 10.5 Å². The molecule has 0 aliphatic rings. The summed E-state index contributed by atoms with van der Waals surface area (Å²) in [7, 11) is 0. The predicted molar refractivity (Wildman–Crippen MR) is 115 cm³/mol. The Kier molecular flexibility index (Phi) is 4.97. The van der Waals surface area contributed by atoms with E-state index in [9.17, 15) is 19.7 Å². The number of carbonyl (C=O) groups is 1. The molecule has 0 saturated heterocycles. The summed E-state index contributed by atoms with van der Waals surface area (Å²) in [6.07, 6.45) is 1.30. The molecule has 0 aliphatic carbocycles. The number of anilines is 1. The molecule has 150 valence electrons. The standard InChI is InChI=1S/C22H18N4O4/c1-2-25(20-9-5-7-15-6-3-4-8-17(15)20)21(27)13-24-14-23-19-11-10-16(26(29)30)12-18(19)22(24)28/h3-12,14H,2,13H2,1H3. The molecule has 0 N–H and O–H groups in total. The Labute approximate surface area is 171 Å². The van der Waals surface area contributed by atoms with E-state index in [2.05, 4.69) is 4.98 Å². The molecule has 1 amide bonds. The summed E-state index contributed by atoms with van der Waals surface area (Å²) in [5, 5.41) is 13.1. The number of nitrogens with zero attached hydrogens (tertiary/aromatic N) is 4. The van der Waals surface area contributed by atoms with Gasteiger partial charge in [0.15, 0.2) is 0 Å². The van der Waals surface area contributed by atoms with Gasteiger partial charge in [0.1, 0.15) is 6.54 Å². The minimum atomic E-state index is -0.569. The van der Waals surface area contributed by atoms with E-state index in [1.807, 2.05) is 49.4 Å². The number of carbonyl (C=O) groups excluding carboxylic acids is 1. The highest BCUT2D eigenvalue weighted by Gasteiger charge is 2.18. The van der Waals surface area contributed by atoms with Gasteiger partial charge in [0.2, 0.25) is 5.91 Å². The second kappa shape index (κ2) is 7.75. The van der Waals surface area contributed by atoms with Crippen molar-refractivity contribution < 1.29 is 9.72 Å². The Morgan fingerprint density at radius 3 is 2.63 bits per heavy atom. The van der Waals surface area contributed by atoms with E-state index in [1.165, 1.54) is 29.1 Å². The van der Waals surface area contributed by atoms with Crippen molar-refractivity contribution in [1.29, 1.82) is 0 Å². The van der Waals surface area contributed by atoms with Crippen LogP contribution >= 0.6 is 0 Å². The van der Waals surface area contributed by atoms with Gasteiger partial charge < -0.3 is 4.90 Å². The topological polar surface area (TPSA) is 98.3 Å². The van der Waals surface area contributed by atoms with Crippen LogP contribution in [0.1, 0.15) is 6.92 Å². The fraction of sp³-hybridized carbons (Fsp3) is 0.136. The van der Waals surface area contributed by atoms with E-state index in [0.29, 0.717) is 12.1 Å². The molecule has 0 bridgehead atoms. The molecule has 0 aliphatic heterocycles. The molecular weight excluding hydrogens is 384 g/mol. The first-order chi connectivity index (χ1) is 14.5. The fourth-order valence-electron chi connectivity index (χ4n) is 3.53. The van der Waals surface area contributed by atoms with Crippen LogP contribution in [0.25, 0.3) is 21.7 Å². The van der Waals surface area contributed by atoms with Gasteiger partial charge in [0, 0.05) is 24.1 Å². The summed E-state index contributed by atoms with van der Waals surface area (Å²) in [6.45, 7) is 2.07. The third kappa shape index (κ3) is 3.39. The van der Waals surface area contributed by atoms with Crippen LogP contribution in [0.3, 0.4) is 0 Å². The third-order valence-electron chi connectivity index (χ3n) is 5.00. The van der Waals surface area contributed by atoms with Gasteiger partial charge in [0.25, 0.3) is 11.2 Å². The zero-order chi connectivity index (χ0) is 21.3. The summed E-state index contributed by atoms with van der Waals surface area (Å²) >= 11 is 0. The highest BCUT2D eigenvalue weighted by Crippen LogP contribution is 2.27. The van der Waals surface area contributed by atoms with E-state index in [1.54, 1.807) is 4.90 Å². The van der Waals surface area contributed by atoms with Gasteiger partial charge in [-0.2, -0.15) is 0 Å². The molecule has 8 heteroatoms. The molecule has 0 saturated carbocycles. The van der Waals surface area contributed by atoms with E-state index in [-0.39, 0.29) is 23.5 Å². The quantitative estimate of drug-likeness (QED) is 0.376. The van der Waals surface area contributed by atoms with E-state index >= 15 is 0 Å². The lowest BCUT2D eigenvalue weighted by Gasteiger charge is -2.23. The third-order valence-corrected chi connectivity index (χ3v) is 5.00. The van der Waals surface area contributed by atoms with Crippen LogP contribution in [-0.2, 0) is 11.3 Å². The number of amides is 1. The highest BCUT2D eigenvalue weighted by molar-refractivity contribution is 6.03. The number of non-ortho nitro benzene ring substituents is 1. The van der Waals surface area contributed by atoms with Gasteiger partial charge in [-0.15, -0.1) is 0 Å². The van der Waals surface area contributed by atoms with Gasteiger partial charge in [0.05, 0.1) is 27.8 Å². The summed E-state index contributed by atoms with van der Waals surface area (Å²) < 4.78 is 1.18. The van der Waals surface area contributed by atoms with Crippen molar-refractivity contribution in [3.8, 4) is 0 Å². The molecule has 0 spiro atoms. The van der Waals surface area contributed by atoms with E-state index in [0.717, 1.165) is 16.5 Å². The summed E-state index contributed by atoms with van der Waals surface area (Å²) in [5.74, 6) is -0.275. The molecule has 0 fully saturated rings. The maximum absolute atomic E-state index is 13.1. The number of likely N-dealkylation sites (N-methyl/N-ethyl adjacent to an activating group) is 1. The lowest BCUT2D eigenvalue weighted by Crippen LogP contribution is -2.36. The molecule has 4 rings (SSSR count). The molecule has 1 heterocycles. The van der Waals surface area contributed by atoms with Crippen LogP contribution < -0.4 is 10.5 Å². The van der Waals surface area contributed by atoms with Gasteiger partial charge in [-0.05, 0) is 24.4 Å². The molecular formula is C22H18N4O4. The molecule has 0 atom stereocenters. The number of benzene rings is 3. The van der Waals surface area contributed by atoms with Gasteiger partial charge in [-0.25, -0.2) is 4.98 Å². The van der Waals surface area contributed by atoms with Crippen molar-refractivity contribution in [1.82, 2.24) is 9.55 Å². The van der Waals surface area contributed by atoms with Crippen LogP contribution in [0.5, 0.6) is 0 Å². The number of rotatable bonds is 5. The van der Waals surface area contributed by atoms with Gasteiger partial charge in [-0.3, -0.25) is 24.3 Å². The summed E-state index contributed by atoms with van der Waals surface area (Å²) in [6, 6.07) is 17.4. The number of aromatic nitrogens is 2. The molecule has 4 aromatic rings. The maximum Gasteiger partial charge on any atom is 0.270 e. The smallest absolute Gasteiger partial charge is 0.270 e. The number of hydrogen-bond acceptors (Lipinski definition) is 5. The van der Waals surface area contributed by atoms with Gasteiger partial charge in [-0.1, -0.05) is 36.4 Å². The zero-order valence-electron chi connectivity index (χ0n) is 16.2. The van der Waals surface area contributed by atoms with Crippen molar-refractivity contribution in [3.63, 3.8) is 0 Å². The minimum Gasteiger partial charge on any atom is -0.311 e. The Bertz CT molecular complexity index is 1340. The Balaban J connectivity index is 1.71. The Hall–Kier alpha value is -4.07. The second-order valence-electron chi connectivity index (χ2n) is 6.77. The first-order valence-corrected chi connectivity index (χ1v) is 9.41. The average molecular weight is 402 g/mol. The average Bonchev–Trinajstić information content (AvgIpc) is 2.76. The molecule has 30 heavy (non-hydrogen) atoms. The normalized spacial score (nSPS) is 11.0. The number of nitro benzene ring substituents is 1. The Morgan fingerprint density at radius 1 is 1.10 bits per heavy atom. The molecule has 3 aromatic carbocycles. The molecule has 0 unspecified atom stereocenters. The van der Waals surface area contributed by atoms with Crippen LogP contribution in [-0.4, -0.2) is 26.9 Å². The predicted octanol–water partition coefficient (Wildman–Crippen LogP) is 3.51. The highest BCUT2D eigenvalue weighted by atomic mass is 16.6. The summed E-state index contributed by atoms with van der Waals surface area (Å²) in [5.41, 5.74) is 0.413. The largest absolute Gasteiger partial charge is 0.311 e. The van der Waals surface area contributed by atoms with Crippen molar-refractivity contribution >= 4 is 39.0 Å². The van der Waals surface area contributed by atoms with E-state index in [4.69, 9.17) is 0 Å². The molecule has 1 aromatic heterocycles. The Morgan fingerprint density at radius 2 is 1.87 bits per heavy atom. The lowest BCUT2D eigenvalue weighted by molar-refractivity contribution is -0.384. The van der Waals surface area contributed by atoms with Crippen LogP contribution in [0.2, 0.25) is 0 Å². The van der Waals surface area contributed by atoms with Crippen molar-refractivity contribution in [2.45, 2.75) is 13.5 Å². The molecule has 0 radical (unpaired) electrons. The first-order valence-electron chi connectivity index (χ1n) is 9.41. The number of hydrogen-bond donors (Lipinski definition) is 0. The maximum atomic E-state index is 13.1. The minimum absolute atomic E-state index is 0.104. The van der Waals surface area contributed by atoms with Crippen molar-refractivity contribution in [2.75, 3.05) is 11.4 Å². The second-order valence-corrected chi connectivity index (χ2v) is 6.77. The van der Waals surface area contributed by atoms with Crippen LogP contribution in [0, 0.1) is 10.1 Å². The zero-order valence-corrected chi connectivity index (χ0v) is 16.2. The summed E-state index contributed by atoms with van der Waals surface area (Å²) in [4.78, 5) is 42.2. The number of fused-ring (bicyclic) bond motifs is 2. The van der Waals surface area contributed by atoms with Gasteiger partial charge >= 0.3 is 0 Å². The monoisotopic (exact) mass is 402 g/mol. The van der Waals surface area contributed by atoms with Crippen molar-refractivity contribution in [2.24, 2.45) is 0 Å². The van der Waals surface area contributed by atoms with Crippen molar-refractivity contribution in [3.05, 3.63) is 87.5 Å². The SMILES string of the molecule is CCN(C(=O)Cn1cnc2ccc([N+](=O)[O-])cc2c1=O)c1cccc2ccccc12. The fourth-order valence-corrected chi connectivity index (χ4v) is 3.53. The number of nitro groups is 1. The molecule has 8 nitrogen and oxygen atoms in total. The van der Waals surface area contributed by atoms with Crippen LogP contribution in [0.15, 0.2) is 71.8 Å².